The molecule has 1 aliphatic heterocycles. The maximum absolute atomic E-state index is 12.3. The number of anilines is 2. The minimum atomic E-state index is 0.0647. The van der Waals surface area contributed by atoms with Crippen LogP contribution in [0.4, 0.5) is 10.8 Å². The van der Waals surface area contributed by atoms with E-state index in [9.17, 15) is 4.79 Å². The Labute approximate surface area is 177 Å². The van der Waals surface area contributed by atoms with Crippen molar-refractivity contribution in [1.29, 1.82) is 0 Å². The van der Waals surface area contributed by atoms with Crippen LogP contribution in [0.5, 0.6) is 0 Å². The second-order valence-corrected chi connectivity index (χ2v) is 8.99. The zero-order valence-corrected chi connectivity index (χ0v) is 17.5. The summed E-state index contributed by atoms with van der Waals surface area (Å²) in [6.45, 7) is 3.75. The van der Waals surface area contributed by atoms with Gasteiger partial charge in [0.2, 0.25) is 5.13 Å². The lowest BCUT2D eigenvalue weighted by Crippen LogP contribution is -2.46. The molecule has 1 aromatic heterocycles. The normalized spacial score (nSPS) is 14.3. The van der Waals surface area contributed by atoms with E-state index < -0.39 is 0 Å². The summed E-state index contributed by atoms with van der Waals surface area (Å²) in [5, 5.41) is 10.1. The van der Waals surface area contributed by atoms with Gasteiger partial charge in [-0.25, -0.2) is 0 Å². The van der Waals surface area contributed by atoms with E-state index in [0.717, 1.165) is 35.7 Å². The predicted octanol–water partition coefficient (Wildman–Crippen LogP) is 4.49. The quantitative estimate of drug-likeness (QED) is 0.424. The molecule has 1 saturated heterocycles. The third kappa shape index (κ3) is 4.66. The molecule has 28 heavy (non-hydrogen) atoms. The summed E-state index contributed by atoms with van der Waals surface area (Å²) in [6, 6.07) is 17.4. The minimum absolute atomic E-state index is 0.0647. The van der Waals surface area contributed by atoms with Gasteiger partial charge >= 0.3 is 0 Å². The Morgan fingerprint density at radius 3 is 2.36 bits per heavy atom. The van der Waals surface area contributed by atoms with Crippen LogP contribution in [-0.4, -0.2) is 47.9 Å². The zero-order chi connectivity index (χ0) is 19.3. The van der Waals surface area contributed by atoms with Gasteiger partial charge in [-0.05, 0) is 36.4 Å². The Kier molecular flexibility index (Phi) is 6.14. The molecular formula is C20H19ClN4OS2. The summed E-state index contributed by atoms with van der Waals surface area (Å²) >= 11 is 8.85. The summed E-state index contributed by atoms with van der Waals surface area (Å²) in [4.78, 5) is 16.9. The number of Topliss-reactive ketones (excluding diaryl/α,β-unsaturated/α-hetero) is 1. The second kappa shape index (κ2) is 8.94. The van der Waals surface area contributed by atoms with Crippen molar-refractivity contribution >= 4 is 51.3 Å². The van der Waals surface area contributed by atoms with E-state index in [4.69, 9.17) is 11.6 Å². The fourth-order valence-electron chi connectivity index (χ4n) is 3.03. The van der Waals surface area contributed by atoms with Crippen LogP contribution in [0.15, 0.2) is 58.9 Å². The van der Waals surface area contributed by atoms with Crippen LogP contribution >= 0.6 is 34.7 Å². The maximum atomic E-state index is 12.3. The minimum Gasteiger partial charge on any atom is -0.368 e. The first-order valence-electron chi connectivity index (χ1n) is 8.99. The number of para-hydroxylation sites is 1. The monoisotopic (exact) mass is 430 g/mol. The number of hydrogen-bond acceptors (Lipinski definition) is 7. The number of thioether (sulfide) groups is 1. The van der Waals surface area contributed by atoms with E-state index in [1.165, 1.54) is 17.4 Å². The SMILES string of the molecule is O=C(CSc1nnc(N2CCN(c3ccccc3)CC2)s1)c1ccc(Cl)cc1. The molecule has 3 aromatic rings. The molecule has 0 N–H and O–H groups in total. The molecule has 4 rings (SSSR count). The lowest BCUT2D eigenvalue weighted by molar-refractivity contribution is 0.102. The second-order valence-electron chi connectivity index (χ2n) is 6.38. The fourth-order valence-corrected chi connectivity index (χ4v) is 4.94. The molecule has 0 saturated carbocycles. The van der Waals surface area contributed by atoms with Crippen molar-refractivity contribution in [2.75, 3.05) is 41.7 Å². The van der Waals surface area contributed by atoms with Crippen LogP contribution in [0.1, 0.15) is 10.4 Å². The zero-order valence-electron chi connectivity index (χ0n) is 15.1. The fraction of sp³-hybridized carbons (Fsp3) is 0.250. The van der Waals surface area contributed by atoms with Crippen LogP contribution < -0.4 is 9.80 Å². The summed E-state index contributed by atoms with van der Waals surface area (Å²) in [7, 11) is 0. The van der Waals surface area contributed by atoms with Gasteiger partial charge in [-0.1, -0.05) is 52.9 Å². The number of rotatable bonds is 6. The number of aromatic nitrogens is 2. The Hall–Kier alpha value is -2.09. The molecule has 0 aliphatic carbocycles. The molecule has 0 bridgehead atoms. The van der Waals surface area contributed by atoms with E-state index in [2.05, 4.69) is 44.3 Å². The summed E-state index contributed by atoms with van der Waals surface area (Å²) in [5.74, 6) is 0.410. The molecule has 2 aromatic carbocycles. The van der Waals surface area contributed by atoms with E-state index in [0.29, 0.717) is 16.3 Å². The van der Waals surface area contributed by atoms with Crippen molar-refractivity contribution in [3.8, 4) is 0 Å². The smallest absolute Gasteiger partial charge is 0.209 e. The number of ketones is 1. The lowest BCUT2D eigenvalue weighted by Gasteiger charge is -2.35. The third-order valence-electron chi connectivity index (χ3n) is 4.56. The number of nitrogens with zero attached hydrogens (tertiary/aromatic N) is 4. The molecule has 5 nitrogen and oxygen atoms in total. The molecule has 1 aliphatic rings. The van der Waals surface area contributed by atoms with Crippen molar-refractivity contribution in [2.24, 2.45) is 0 Å². The van der Waals surface area contributed by atoms with Crippen molar-refractivity contribution in [3.63, 3.8) is 0 Å². The number of halogens is 1. The van der Waals surface area contributed by atoms with E-state index in [1.807, 2.05) is 6.07 Å². The van der Waals surface area contributed by atoms with Gasteiger partial charge in [0.1, 0.15) is 0 Å². The van der Waals surface area contributed by atoms with Gasteiger partial charge < -0.3 is 9.80 Å². The lowest BCUT2D eigenvalue weighted by atomic mass is 10.1. The first-order chi connectivity index (χ1) is 13.7. The van der Waals surface area contributed by atoms with E-state index in [1.54, 1.807) is 35.6 Å². The number of benzene rings is 2. The molecule has 0 spiro atoms. The van der Waals surface area contributed by atoms with Gasteiger partial charge in [-0.3, -0.25) is 4.79 Å². The van der Waals surface area contributed by atoms with Gasteiger partial charge in [-0.2, -0.15) is 0 Å². The molecule has 0 atom stereocenters. The Bertz CT molecular complexity index is 925. The third-order valence-corrected chi connectivity index (χ3v) is 6.93. The highest BCUT2D eigenvalue weighted by Gasteiger charge is 2.20. The van der Waals surface area contributed by atoms with Crippen molar-refractivity contribution in [2.45, 2.75) is 4.34 Å². The topological polar surface area (TPSA) is 49.3 Å². The maximum Gasteiger partial charge on any atom is 0.209 e. The Morgan fingerprint density at radius 1 is 0.964 bits per heavy atom. The molecule has 8 heteroatoms. The van der Waals surface area contributed by atoms with Crippen LogP contribution in [0.3, 0.4) is 0 Å². The van der Waals surface area contributed by atoms with Crippen LogP contribution in [-0.2, 0) is 0 Å². The molecule has 0 amide bonds. The Morgan fingerprint density at radius 2 is 1.64 bits per heavy atom. The van der Waals surface area contributed by atoms with Gasteiger partial charge in [0.15, 0.2) is 10.1 Å². The van der Waals surface area contributed by atoms with Gasteiger partial charge in [0.25, 0.3) is 0 Å². The molecule has 1 fully saturated rings. The average Bonchev–Trinajstić information content (AvgIpc) is 3.22. The molecule has 0 radical (unpaired) electrons. The van der Waals surface area contributed by atoms with Crippen molar-refractivity contribution < 1.29 is 4.79 Å². The summed E-state index contributed by atoms with van der Waals surface area (Å²) in [6.07, 6.45) is 0. The molecule has 0 unspecified atom stereocenters. The van der Waals surface area contributed by atoms with Crippen LogP contribution in [0.25, 0.3) is 0 Å². The highest BCUT2D eigenvalue weighted by molar-refractivity contribution is 8.01. The van der Waals surface area contributed by atoms with Crippen LogP contribution in [0.2, 0.25) is 5.02 Å². The average molecular weight is 431 g/mol. The van der Waals surface area contributed by atoms with Crippen molar-refractivity contribution in [1.82, 2.24) is 10.2 Å². The number of carbonyl (C=O) groups is 1. The molecular weight excluding hydrogens is 412 g/mol. The highest BCUT2D eigenvalue weighted by Crippen LogP contribution is 2.29. The molecule has 2 heterocycles. The first kappa shape index (κ1) is 19.2. The standard InChI is InChI=1S/C20H19ClN4OS2/c21-16-8-6-15(7-9-16)18(26)14-27-20-23-22-19(28-20)25-12-10-24(11-13-25)17-4-2-1-3-5-17/h1-9H,10-14H2. The summed E-state index contributed by atoms with van der Waals surface area (Å²) in [5.41, 5.74) is 1.93. The molecule has 144 valence electrons. The Balaban J connectivity index is 1.30. The summed E-state index contributed by atoms with van der Waals surface area (Å²) < 4.78 is 0.822. The van der Waals surface area contributed by atoms with Gasteiger partial charge in [-0.15, -0.1) is 10.2 Å². The van der Waals surface area contributed by atoms with Crippen molar-refractivity contribution in [3.05, 3.63) is 65.2 Å². The van der Waals surface area contributed by atoms with Crippen LogP contribution in [0, 0.1) is 0 Å². The van der Waals surface area contributed by atoms with E-state index >= 15 is 0 Å². The first-order valence-corrected chi connectivity index (χ1v) is 11.2. The number of carbonyl (C=O) groups excluding carboxylic acids is 1. The largest absolute Gasteiger partial charge is 0.368 e. The number of piperazine rings is 1. The number of hydrogen-bond donors (Lipinski definition) is 0. The highest BCUT2D eigenvalue weighted by atomic mass is 35.5. The van der Waals surface area contributed by atoms with Gasteiger partial charge in [0.05, 0.1) is 5.75 Å². The predicted molar refractivity (Wildman–Crippen MR) is 117 cm³/mol. The van der Waals surface area contributed by atoms with Gasteiger partial charge in [0, 0.05) is 42.5 Å². The van der Waals surface area contributed by atoms with E-state index in [-0.39, 0.29) is 5.78 Å².